The lowest BCUT2D eigenvalue weighted by atomic mass is 9.96. The predicted octanol–water partition coefficient (Wildman–Crippen LogP) is 1.76. The van der Waals surface area contributed by atoms with E-state index in [0.29, 0.717) is 0 Å². The number of nitrogens with zero attached hydrogens (tertiary/aromatic N) is 1. The van der Waals surface area contributed by atoms with Crippen molar-refractivity contribution in [1.29, 1.82) is 0 Å². The molecule has 1 aromatic rings. The average Bonchev–Trinajstić information content (AvgIpc) is 2.56. The van der Waals surface area contributed by atoms with Gasteiger partial charge in [0.2, 0.25) is 5.91 Å². The van der Waals surface area contributed by atoms with Gasteiger partial charge in [0.25, 0.3) is 0 Å². The zero-order valence-corrected chi connectivity index (χ0v) is 11.7. The summed E-state index contributed by atoms with van der Waals surface area (Å²) in [7, 11) is 0. The van der Waals surface area contributed by atoms with Crippen molar-refractivity contribution < 1.29 is 19.2 Å². The number of carboxylic acids is 1. The van der Waals surface area contributed by atoms with Gasteiger partial charge in [-0.25, -0.2) is 0 Å². The zero-order chi connectivity index (χ0) is 14.6. The lowest BCUT2D eigenvalue weighted by Crippen LogP contribution is -2.34. The largest absolute Gasteiger partial charge is 0.481 e. The van der Waals surface area contributed by atoms with Crippen LogP contribution in [0.5, 0.6) is 0 Å². The molecule has 1 heterocycles. The van der Waals surface area contributed by atoms with E-state index in [9.17, 15) is 9.59 Å². The number of rotatable bonds is 6. The molecule has 0 aliphatic carbocycles. The number of amides is 1. The topological polar surface area (TPSA) is 92.4 Å². The van der Waals surface area contributed by atoms with E-state index in [1.165, 1.54) is 0 Å². The summed E-state index contributed by atoms with van der Waals surface area (Å²) in [6, 6.07) is -0.373. The van der Waals surface area contributed by atoms with Crippen molar-refractivity contribution in [3.63, 3.8) is 0 Å². The molecule has 0 radical (unpaired) electrons. The van der Waals surface area contributed by atoms with Gasteiger partial charge in [-0.1, -0.05) is 12.1 Å². The van der Waals surface area contributed by atoms with Crippen LogP contribution < -0.4 is 5.32 Å². The average molecular weight is 268 g/mol. The zero-order valence-electron chi connectivity index (χ0n) is 11.7. The first-order chi connectivity index (χ1) is 8.81. The quantitative estimate of drug-likeness (QED) is 0.820. The summed E-state index contributed by atoms with van der Waals surface area (Å²) < 4.78 is 5.07. The van der Waals surface area contributed by atoms with Crippen molar-refractivity contribution in [2.24, 2.45) is 0 Å². The summed E-state index contributed by atoms with van der Waals surface area (Å²) >= 11 is 0. The second-order valence-corrected chi connectivity index (χ2v) is 4.91. The number of carbonyl (C=O) groups excluding carboxylic acids is 1. The molecule has 2 unspecified atom stereocenters. The summed E-state index contributed by atoms with van der Waals surface area (Å²) in [6.45, 7) is 7.25. The number of nitrogens with one attached hydrogen (secondary N) is 1. The molecule has 2 atom stereocenters. The number of aromatic nitrogens is 1. The number of hydrogen-bond acceptors (Lipinski definition) is 4. The van der Waals surface area contributed by atoms with Gasteiger partial charge < -0.3 is 14.9 Å². The molecule has 0 aliphatic rings. The Morgan fingerprint density at radius 1 is 1.32 bits per heavy atom. The van der Waals surface area contributed by atoms with Crippen LogP contribution in [0.3, 0.4) is 0 Å². The van der Waals surface area contributed by atoms with Crippen LogP contribution in [-0.2, 0) is 9.59 Å². The highest BCUT2D eigenvalue weighted by atomic mass is 16.5. The summed E-state index contributed by atoms with van der Waals surface area (Å²) in [5.74, 6) is -0.382. The van der Waals surface area contributed by atoms with E-state index in [4.69, 9.17) is 9.63 Å². The van der Waals surface area contributed by atoms with E-state index in [1.54, 1.807) is 6.92 Å². The maximum Gasteiger partial charge on any atom is 0.305 e. The molecule has 6 heteroatoms. The van der Waals surface area contributed by atoms with E-state index in [2.05, 4.69) is 10.5 Å². The maximum atomic E-state index is 11.8. The van der Waals surface area contributed by atoms with Gasteiger partial charge >= 0.3 is 5.97 Å². The van der Waals surface area contributed by atoms with Crippen LogP contribution in [0.2, 0.25) is 0 Å². The molecule has 0 spiro atoms. The Kier molecular flexibility index (Phi) is 5.09. The van der Waals surface area contributed by atoms with Crippen molar-refractivity contribution in [1.82, 2.24) is 10.5 Å². The Bertz CT molecular complexity index is 448. The fraction of sp³-hybridized carbons (Fsp3) is 0.615. The van der Waals surface area contributed by atoms with Gasteiger partial charge in [0, 0.05) is 18.0 Å². The Balaban J connectivity index is 2.55. The number of aliphatic carboxylic acids is 1. The van der Waals surface area contributed by atoms with Crippen LogP contribution in [0.15, 0.2) is 4.52 Å². The van der Waals surface area contributed by atoms with E-state index in [-0.39, 0.29) is 30.7 Å². The standard InChI is InChI=1S/C13H20N2O4/c1-7(13-9(3)15-19-10(13)4)5-11(16)14-8(2)6-12(17)18/h7-8H,5-6H2,1-4H3,(H,14,16)(H,17,18). The number of aryl methyl sites for hydroxylation is 2. The van der Waals surface area contributed by atoms with Crippen LogP contribution in [-0.4, -0.2) is 28.2 Å². The van der Waals surface area contributed by atoms with Gasteiger partial charge in [-0.05, 0) is 26.7 Å². The van der Waals surface area contributed by atoms with Crippen molar-refractivity contribution >= 4 is 11.9 Å². The summed E-state index contributed by atoms with van der Waals surface area (Å²) in [5, 5.41) is 15.2. The third kappa shape index (κ3) is 4.39. The van der Waals surface area contributed by atoms with Crippen LogP contribution in [0.1, 0.15) is 49.6 Å². The molecular formula is C13H20N2O4. The molecule has 0 aromatic carbocycles. The highest BCUT2D eigenvalue weighted by Crippen LogP contribution is 2.25. The highest BCUT2D eigenvalue weighted by Gasteiger charge is 2.20. The maximum absolute atomic E-state index is 11.8. The van der Waals surface area contributed by atoms with E-state index >= 15 is 0 Å². The molecule has 0 aliphatic heterocycles. The molecule has 19 heavy (non-hydrogen) atoms. The van der Waals surface area contributed by atoms with E-state index in [0.717, 1.165) is 17.0 Å². The molecule has 6 nitrogen and oxygen atoms in total. The first-order valence-electron chi connectivity index (χ1n) is 6.25. The summed E-state index contributed by atoms with van der Waals surface area (Å²) in [6.07, 6.45) is 0.207. The fourth-order valence-electron chi connectivity index (χ4n) is 2.22. The molecule has 1 amide bonds. The van der Waals surface area contributed by atoms with Crippen LogP contribution >= 0.6 is 0 Å². The van der Waals surface area contributed by atoms with Crippen molar-refractivity contribution in [3.8, 4) is 0 Å². The minimum Gasteiger partial charge on any atom is -0.481 e. The van der Waals surface area contributed by atoms with Gasteiger partial charge in [-0.2, -0.15) is 0 Å². The van der Waals surface area contributed by atoms with Gasteiger partial charge in [-0.15, -0.1) is 0 Å². The van der Waals surface area contributed by atoms with Crippen LogP contribution in [0.25, 0.3) is 0 Å². The first-order valence-corrected chi connectivity index (χ1v) is 6.25. The first kappa shape index (κ1) is 15.2. The molecule has 1 rings (SSSR count). The van der Waals surface area contributed by atoms with Crippen LogP contribution in [0, 0.1) is 13.8 Å². The molecule has 0 saturated carbocycles. The van der Waals surface area contributed by atoms with Crippen molar-refractivity contribution in [2.45, 2.75) is 52.5 Å². The highest BCUT2D eigenvalue weighted by molar-refractivity contribution is 5.78. The normalized spacial score (nSPS) is 13.9. The minimum atomic E-state index is -0.924. The number of carbonyl (C=O) groups is 2. The third-order valence-electron chi connectivity index (χ3n) is 2.96. The second-order valence-electron chi connectivity index (χ2n) is 4.91. The van der Waals surface area contributed by atoms with Gasteiger partial charge in [0.15, 0.2) is 0 Å². The van der Waals surface area contributed by atoms with E-state index < -0.39 is 5.97 Å². The van der Waals surface area contributed by atoms with Crippen LogP contribution in [0.4, 0.5) is 0 Å². The second kappa shape index (κ2) is 6.36. The minimum absolute atomic E-state index is 0.0109. The molecule has 0 fully saturated rings. The molecule has 0 saturated heterocycles. The van der Waals surface area contributed by atoms with Gasteiger partial charge in [-0.3, -0.25) is 9.59 Å². The van der Waals surface area contributed by atoms with Crippen molar-refractivity contribution in [2.75, 3.05) is 0 Å². The molecule has 0 bridgehead atoms. The van der Waals surface area contributed by atoms with Gasteiger partial charge in [0.1, 0.15) is 5.76 Å². The van der Waals surface area contributed by atoms with E-state index in [1.807, 2.05) is 20.8 Å². The Hall–Kier alpha value is -1.85. The summed E-state index contributed by atoms with van der Waals surface area (Å²) in [5.41, 5.74) is 1.73. The molecule has 106 valence electrons. The molecule has 2 N–H and O–H groups in total. The van der Waals surface area contributed by atoms with Crippen molar-refractivity contribution in [3.05, 3.63) is 17.0 Å². The lowest BCUT2D eigenvalue weighted by Gasteiger charge is -2.14. The molecular weight excluding hydrogens is 248 g/mol. The van der Waals surface area contributed by atoms with Gasteiger partial charge in [0.05, 0.1) is 12.1 Å². The fourth-order valence-corrected chi connectivity index (χ4v) is 2.22. The lowest BCUT2D eigenvalue weighted by molar-refractivity contribution is -0.137. The smallest absolute Gasteiger partial charge is 0.305 e. The Labute approximate surface area is 112 Å². The molecule has 1 aromatic heterocycles. The number of hydrogen-bond donors (Lipinski definition) is 2. The Morgan fingerprint density at radius 3 is 2.42 bits per heavy atom. The third-order valence-corrected chi connectivity index (χ3v) is 2.96. The Morgan fingerprint density at radius 2 is 1.95 bits per heavy atom. The number of carboxylic acid groups (broad SMARTS) is 1. The predicted molar refractivity (Wildman–Crippen MR) is 68.9 cm³/mol. The summed E-state index contributed by atoms with van der Waals surface area (Å²) in [4.78, 5) is 22.3. The monoisotopic (exact) mass is 268 g/mol. The SMILES string of the molecule is Cc1noc(C)c1C(C)CC(=O)NC(C)CC(=O)O.